The standard InChI is InChI=1S/C34H32F6N2O6S/c1-46-31(43)33-14-19-7-24(15-33)41(25(8-19)16-33)17-27-18-42(49(44,45)28-4-2-3-22(12-28)34(38,39)40)29-11-20(5-6-30(29)47-27)21-9-23(35)13-26(10-21)48-32(36)37/h2-6,9-13,19,24-25,27,32H,7-8,14-18H2,1H3/t19?,24?,25?,27-,33?/m0/s1. The van der Waals surface area contributed by atoms with Gasteiger partial charge in [0.05, 0.1) is 35.2 Å². The van der Waals surface area contributed by atoms with E-state index in [4.69, 9.17) is 9.47 Å². The van der Waals surface area contributed by atoms with Gasteiger partial charge in [-0.2, -0.15) is 22.0 Å². The van der Waals surface area contributed by atoms with E-state index in [1.165, 1.54) is 25.3 Å². The van der Waals surface area contributed by atoms with Crippen LogP contribution in [0.3, 0.4) is 0 Å². The number of benzene rings is 3. The van der Waals surface area contributed by atoms with Gasteiger partial charge >= 0.3 is 18.8 Å². The summed E-state index contributed by atoms with van der Waals surface area (Å²) in [7, 11) is -3.24. The lowest BCUT2D eigenvalue weighted by Gasteiger charge is -2.60. The zero-order valence-electron chi connectivity index (χ0n) is 26.1. The number of hydrogen-bond donors (Lipinski definition) is 0. The van der Waals surface area contributed by atoms with Crippen molar-refractivity contribution in [3.8, 4) is 22.6 Å². The highest BCUT2D eigenvalue weighted by Gasteiger charge is 2.58. The van der Waals surface area contributed by atoms with Crippen LogP contribution in [0.15, 0.2) is 65.6 Å². The molecule has 5 aliphatic rings. The number of methoxy groups -OCH3 is 1. The van der Waals surface area contributed by atoms with E-state index >= 15 is 0 Å². The summed E-state index contributed by atoms with van der Waals surface area (Å²) >= 11 is 0. The molecule has 0 aromatic heterocycles. The van der Waals surface area contributed by atoms with E-state index in [9.17, 15) is 39.6 Å². The second kappa shape index (κ2) is 12.1. The molecule has 8 rings (SSSR count). The minimum absolute atomic E-state index is 0.0172. The third-order valence-corrected chi connectivity index (χ3v) is 12.0. The first-order valence-corrected chi connectivity index (χ1v) is 17.2. The minimum Gasteiger partial charge on any atom is -0.485 e. The van der Waals surface area contributed by atoms with Gasteiger partial charge < -0.3 is 14.2 Å². The molecule has 49 heavy (non-hydrogen) atoms. The van der Waals surface area contributed by atoms with Crippen molar-refractivity contribution >= 4 is 21.7 Å². The van der Waals surface area contributed by atoms with Gasteiger partial charge in [-0.3, -0.25) is 14.0 Å². The second-order valence-corrected chi connectivity index (χ2v) is 15.1. The number of esters is 1. The summed E-state index contributed by atoms with van der Waals surface area (Å²) in [6, 6.07) is 10.8. The molecule has 3 atom stereocenters. The first-order valence-electron chi connectivity index (χ1n) is 15.8. The van der Waals surface area contributed by atoms with Crippen LogP contribution in [0, 0.1) is 17.2 Å². The molecule has 0 radical (unpaired) electrons. The van der Waals surface area contributed by atoms with Crippen LogP contribution in [0.2, 0.25) is 0 Å². The minimum atomic E-state index is -4.80. The summed E-state index contributed by atoms with van der Waals surface area (Å²) in [6.07, 6.45) is -1.80. The van der Waals surface area contributed by atoms with Gasteiger partial charge in [0, 0.05) is 24.7 Å². The van der Waals surface area contributed by atoms with Gasteiger partial charge in [-0.25, -0.2) is 12.8 Å². The first kappa shape index (κ1) is 33.5. The highest BCUT2D eigenvalue weighted by atomic mass is 32.2. The van der Waals surface area contributed by atoms with Gasteiger partial charge in [0.25, 0.3) is 10.0 Å². The Morgan fingerprint density at radius 3 is 2.41 bits per heavy atom. The highest BCUT2D eigenvalue weighted by Crippen LogP contribution is 2.57. The molecule has 3 aliphatic heterocycles. The Hall–Kier alpha value is -3.98. The lowest BCUT2D eigenvalue weighted by atomic mass is 9.55. The summed E-state index contributed by atoms with van der Waals surface area (Å²) in [5, 5.41) is 0. The molecule has 4 fully saturated rings. The Labute approximate surface area is 278 Å². The van der Waals surface area contributed by atoms with Gasteiger partial charge in [-0.05, 0) is 91.6 Å². The lowest BCUT2D eigenvalue weighted by Crippen LogP contribution is -2.65. The zero-order chi connectivity index (χ0) is 34.9. The molecule has 0 amide bonds. The second-order valence-electron chi connectivity index (χ2n) is 13.3. The van der Waals surface area contributed by atoms with Crippen molar-refractivity contribution < 1.29 is 53.8 Å². The van der Waals surface area contributed by atoms with Crippen LogP contribution in [-0.2, 0) is 25.7 Å². The molecule has 3 aromatic carbocycles. The van der Waals surface area contributed by atoms with Crippen molar-refractivity contribution in [2.45, 2.75) is 68.0 Å². The molecule has 2 saturated carbocycles. The summed E-state index contributed by atoms with van der Waals surface area (Å²) in [5.74, 6) is -1.06. The number of piperidine rings is 2. The van der Waals surface area contributed by atoms with Crippen LogP contribution in [0.1, 0.15) is 37.7 Å². The fourth-order valence-electron chi connectivity index (χ4n) is 8.38. The number of carbonyl (C=O) groups is 1. The van der Waals surface area contributed by atoms with Crippen LogP contribution in [-0.4, -0.2) is 64.3 Å². The Kier molecular flexibility index (Phi) is 8.28. The summed E-state index contributed by atoms with van der Waals surface area (Å²) < 4.78 is 126. The maximum absolute atomic E-state index is 14.4. The number of anilines is 1. The van der Waals surface area contributed by atoms with Gasteiger partial charge in [0.2, 0.25) is 0 Å². The predicted octanol–water partition coefficient (Wildman–Crippen LogP) is 6.88. The summed E-state index contributed by atoms with van der Waals surface area (Å²) in [6.45, 7) is -3.18. The first-order chi connectivity index (χ1) is 23.1. The van der Waals surface area contributed by atoms with E-state index in [0.29, 0.717) is 31.4 Å². The van der Waals surface area contributed by atoms with E-state index < -0.39 is 56.4 Å². The van der Waals surface area contributed by atoms with Gasteiger partial charge in [-0.15, -0.1) is 0 Å². The quantitative estimate of drug-likeness (QED) is 0.186. The Morgan fingerprint density at radius 2 is 1.73 bits per heavy atom. The number of sulfonamides is 1. The molecule has 0 N–H and O–H groups in total. The van der Waals surface area contributed by atoms with E-state index in [1.54, 1.807) is 0 Å². The average Bonchev–Trinajstić information content (AvgIpc) is 3.04. The molecule has 3 heterocycles. The van der Waals surface area contributed by atoms with Crippen molar-refractivity contribution in [1.29, 1.82) is 0 Å². The number of carbonyl (C=O) groups excluding carboxylic acids is 1. The fourth-order valence-corrected chi connectivity index (χ4v) is 9.93. The summed E-state index contributed by atoms with van der Waals surface area (Å²) in [4.78, 5) is 14.5. The highest BCUT2D eigenvalue weighted by molar-refractivity contribution is 7.92. The Balaban J connectivity index is 1.25. The molecule has 2 unspecified atom stereocenters. The largest absolute Gasteiger partial charge is 0.485 e. The predicted molar refractivity (Wildman–Crippen MR) is 164 cm³/mol. The van der Waals surface area contributed by atoms with Gasteiger partial charge in [-0.1, -0.05) is 12.1 Å². The van der Waals surface area contributed by atoms with Crippen LogP contribution < -0.4 is 13.8 Å². The Morgan fingerprint density at radius 1 is 1.00 bits per heavy atom. The number of alkyl halides is 5. The number of halogens is 6. The lowest BCUT2D eigenvalue weighted by molar-refractivity contribution is -0.176. The third-order valence-electron chi connectivity index (χ3n) is 10.2. The van der Waals surface area contributed by atoms with Crippen molar-refractivity contribution in [1.82, 2.24) is 4.90 Å². The smallest absolute Gasteiger partial charge is 0.416 e. The topological polar surface area (TPSA) is 85.4 Å². The van der Waals surface area contributed by atoms with Crippen LogP contribution in [0.5, 0.6) is 11.5 Å². The average molecular weight is 711 g/mol. The molecule has 4 bridgehead atoms. The van der Waals surface area contributed by atoms with Gasteiger partial charge in [0.1, 0.15) is 23.4 Å². The van der Waals surface area contributed by atoms with Gasteiger partial charge in [0.15, 0.2) is 0 Å². The van der Waals surface area contributed by atoms with E-state index in [0.717, 1.165) is 60.0 Å². The number of ether oxygens (including phenoxy) is 3. The van der Waals surface area contributed by atoms with Crippen molar-refractivity contribution in [3.63, 3.8) is 0 Å². The van der Waals surface area contributed by atoms with Crippen LogP contribution in [0.25, 0.3) is 11.1 Å². The van der Waals surface area contributed by atoms with Crippen LogP contribution >= 0.6 is 0 Å². The fraction of sp³-hybridized carbons (Fsp3) is 0.441. The number of rotatable bonds is 8. The maximum Gasteiger partial charge on any atom is 0.416 e. The van der Waals surface area contributed by atoms with Crippen molar-refractivity contribution in [2.75, 3.05) is 24.5 Å². The monoisotopic (exact) mass is 710 g/mol. The van der Waals surface area contributed by atoms with E-state index in [2.05, 4.69) is 9.64 Å². The molecule has 2 saturated heterocycles. The van der Waals surface area contributed by atoms with E-state index in [1.807, 2.05) is 0 Å². The zero-order valence-corrected chi connectivity index (χ0v) is 26.9. The molecule has 0 spiro atoms. The molecule has 15 heteroatoms. The molecule has 8 nitrogen and oxygen atoms in total. The normalized spacial score (nSPS) is 26.4. The molecular formula is C34H32F6N2O6S. The van der Waals surface area contributed by atoms with Crippen molar-refractivity contribution in [3.05, 3.63) is 72.0 Å². The molecule has 262 valence electrons. The molecule has 2 aliphatic carbocycles. The van der Waals surface area contributed by atoms with Crippen molar-refractivity contribution in [2.24, 2.45) is 11.3 Å². The van der Waals surface area contributed by atoms with E-state index in [-0.39, 0.29) is 47.2 Å². The number of fused-ring (bicyclic) bond motifs is 1. The number of hydrogen-bond acceptors (Lipinski definition) is 7. The molecule has 3 aromatic rings. The summed E-state index contributed by atoms with van der Waals surface area (Å²) in [5.41, 5.74) is -1.39. The third kappa shape index (κ3) is 6.19. The Bertz CT molecular complexity index is 1870. The maximum atomic E-state index is 14.4. The number of nitrogens with zero attached hydrogens (tertiary/aromatic N) is 2. The van der Waals surface area contributed by atoms with Crippen LogP contribution in [0.4, 0.5) is 32.0 Å². The SMILES string of the molecule is COC(=O)C12CC3CC(C1)N(C[C@H]1CN(S(=O)(=O)c4cccc(C(F)(F)F)c4)c4cc(-c5cc(F)cc(OC(F)F)c5)ccc4O1)C(C3)C2. The molecular weight excluding hydrogens is 678 g/mol.